The highest BCUT2D eigenvalue weighted by atomic mass is 32.2. The van der Waals surface area contributed by atoms with Crippen LogP contribution < -0.4 is 10.0 Å². The number of likely N-dealkylation sites (tertiary alicyclic amines) is 1. The molecule has 2 N–H and O–H groups in total. The summed E-state index contributed by atoms with van der Waals surface area (Å²) in [7, 11) is 0.724. The maximum atomic E-state index is 11.6. The molecule has 0 aromatic rings. The molecule has 1 fully saturated rings. The lowest BCUT2D eigenvalue weighted by Crippen LogP contribution is -2.44. The summed E-state index contributed by atoms with van der Waals surface area (Å²) in [4.78, 5) is 2.22. The fourth-order valence-corrected chi connectivity index (χ4v) is 3.01. The van der Waals surface area contributed by atoms with Crippen molar-refractivity contribution in [2.24, 2.45) is 0 Å². The predicted octanol–water partition coefficient (Wildman–Crippen LogP) is -0.781. The van der Waals surface area contributed by atoms with Crippen molar-refractivity contribution in [1.82, 2.24) is 14.9 Å². The molecular formula is C9H21N3O2S. The van der Waals surface area contributed by atoms with Crippen molar-refractivity contribution in [2.45, 2.75) is 18.9 Å². The van der Waals surface area contributed by atoms with Gasteiger partial charge in [-0.15, -0.1) is 0 Å². The maximum Gasteiger partial charge on any atom is 0.213 e. The molecule has 0 saturated carbocycles. The lowest BCUT2D eigenvalue weighted by molar-refractivity contribution is 0.248. The summed E-state index contributed by atoms with van der Waals surface area (Å²) in [6, 6.07) is 0.128. The molecule has 0 atom stereocenters. The van der Waals surface area contributed by atoms with E-state index in [1.54, 1.807) is 7.05 Å². The first kappa shape index (κ1) is 12.9. The van der Waals surface area contributed by atoms with Crippen molar-refractivity contribution in [3.8, 4) is 0 Å². The van der Waals surface area contributed by atoms with Crippen LogP contribution in [0.25, 0.3) is 0 Å². The summed E-state index contributed by atoms with van der Waals surface area (Å²) in [6.07, 6.45) is 1.82. The van der Waals surface area contributed by atoms with Crippen LogP contribution in [0, 0.1) is 0 Å². The van der Waals surface area contributed by atoms with Crippen molar-refractivity contribution in [2.75, 3.05) is 39.5 Å². The third kappa shape index (κ3) is 4.92. The van der Waals surface area contributed by atoms with Gasteiger partial charge in [0.1, 0.15) is 0 Å². The molecular weight excluding hydrogens is 214 g/mol. The quantitative estimate of drug-likeness (QED) is 0.656. The predicted molar refractivity (Wildman–Crippen MR) is 61.4 cm³/mol. The topological polar surface area (TPSA) is 61.4 Å². The molecule has 0 aromatic carbocycles. The van der Waals surface area contributed by atoms with E-state index in [0.29, 0.717) is 6.54 Å². The minimum atomic E-state index is -3.09. The molecule has 1 heterocycles. The van der Waals surface area contributed by atoms with Crippen LogP contribution in [-0.4, -0.2) is 58.8 Å². The Kier molecular flexibility index (Phi) is 4.98. The zero-order chi connectivity index (χ0) is 11.3. The third-order valence-electron chi connectivity index (χ3n) is 2.69. The highest BCUT2D eigenvalue weighted by Crippen LogP contribution is 2.09. The van der Waals surface area contributed by atoms with Gasteiger partial charge in [0.25, 0.3) is 0 Å². The van der Waals surface area contributed by atoms with Gasteiger partial charge in [-0.05, 0) is 40.0 Å². The Balaban J connectivity index is 2.34. The molecule has 0 spiro atoms. The van der Waals surface area contributed by atoms with Crippen molar-refractivity contribution < 1.29 is 8.42 Å². The van der Waals surface area contributed by atoms with Crippen LogP contribution in [0.4, 0.5) is 0 Å². The molecule has 0 amide bonds. The fraction of sp³-hybridized carbons (Fsp3) is 1.00. The zero-order valence-electron chi connectivity index (χ0n) is 9.49. The summed E-state index contributed by atoms with van der Waals surface area (Å²) in [5.74, 6) is 0.163. The molecule has 1 rings (SSSR count). The lowest BCUT2D eigenvalue weighted by Gasteiger charge is -2.29. The van der Waals surface area contributed by atoms with E-state index in [0.717, 1.165) is 25.9 Å². The molecule has 6 heteroatoms. The minimum Gasteiger partial charge on any atom is -0.319 e. The van der Waals surface area contributed by atoms with Crippen molar-refractivity contribution in [3.63, 3.8) is 0 Å². The number of hydrogen-bond donors (Lipinski definition) is 2. The van der Waals surface area contributed by atoms with Gasteiger partial charge in [-0.3, -0.25) is 0 Å². The summed E-state index contributed by atoms with van der Waals surface area (Å²) >= 11 is 0. The maximum absolute atomic E-state index is 11.6. The summed E-state index contributed by atoms with van der Waals surface area (Å²) in [5.41, 5.74) is 0. The number of nitrogens with zero attached hydrogens (tertiary/aromatic N) is 1. The van der Waals surface area contributed by atoms with Crippen LogP contribution in [0.5, 0.6) is 0 Å². The smallest absolute Gasteiger partial charge is 0.213 e. The van der Waals surface area contributed by atoms with Gasteiger partial charge in [-0.25, -0.2) is 13.1 Å². The van der Waals surface area contributed by atoms with E-state index >= 15 is 0 Å². The minimum absolute atomic E-state index is 0.128. The summed E-state index contributed by atoms with van der Waals surface area (Å²) in [5, 5.41) is 2.84. The molecule has 5 nitrogen and oxygen atoms in total. The van der Waals surface area contributed by atoms with Crippen molar-refractivity contribution in [1.29, 1.82) is 0 Å². The normalized spacial score (nSPS) is 20.7. The van der Waals surface area contributed by atoms with E-state index in [-0.39, 0.29) is 11.8 Å². The van der Waals surface area contributed by atoms with E-state index in [1.165, 1.54) is 0 Å². The van der Waals surface area contributed by atoms with Gasteiger partial charge < -0.3 is 10.2 Å². The molecule has 1 saturated heterocycles. The van der Waals surface area contributed by atoms with Crippen molar-refractivity contribution in [3.05, 3.63) is 0 Å². The Morgan fingerprint density at radius 3 is 2.47 bits per heavy atom. The van der Waals surface area contributed by atoms with Crippen molar-refractivity contribution >= 4 is 10.0 Å². The second kappa shape index (κ2) is 5.79. The largest absolute Gasteiger partial charge is 0.319 e. The van der Waals surface area contributed by atoms with Gasteiger partial charge in [-0.2, -0.15) is 0 Å². The number of rotatable bonds is 5. The van der Waals surface area contributed by atoms with E-state index in [9.17, 15) is 8.42 Å². The molecule has 0 unspecified atom stereocenters. The highest BCUT2D eigenvalue weighted by molar-refractivity contribution is 7.89. The van der Waals surface area contributed by atoms with E-state index in [4.69, 9.17) is 0 Å². The Morgan fingerprint density at radius 1 is 1.33 bits per heavy atom. The standard InChI is InChI=1S/C9H21N3O2S/c1-10-5-8-15(13,14)11-9-3-6-12(2)7-4-9/h9-11H,3-8H2,1-2H3. The molecule has 1 aliphatic rings. The number of nitrogens with one attached hydrogen (secondary N) is 2. The van der Waals surface area contributed by atoms with Gasteiger partial charge in [0.2, 0.25) is 10.0 Å². The second-order valence-electron chi connectivity index (χ2n) is 4.12. The number of hydrogen-bond acceptors (Lipinski definition) is 4. The average Bonchev–Trinajstić information content (AvgIpc) is 2.18. The molecule has 15 heavy (non-hydrogen) atoms. The first-order valence-corrected chi connectivity index (χ1v) is 7.02. The summed E-state index contributed by atoms with van der Waals surface area (Å²) in [6.45, 7) is 2.44. The molecule has 0 aromatic heterocycles. The molecule has 1 aliphatic heterocycles. The van der Waals surface area contributed by atoms with Crippen LogP contribution >= 0.6 is 0 Å². The lowest BCUT2D eigenvalue weighted by atomic mass is 10.1. The molecule has 0 radical (unpaired) electrons. The number of sulfonamides is 1. The highest BCUT2D eigenvalue weighted by Gasteiger charge is 2.21. The third-order valence-corrected chi connectivity index (χ3v) is 4.12. The average molecular weight is 235 g/mol. The Hall–Kier alpha value is -0.170. The van der Waals surface area contributed by atoms with Crippen LogP contribution in [0.2, 0.25) is 0 Å². The first-order valence-electron chi connectivity index (χ1n) is 5.36. The summed E-state index contributed by atoms with van der Waals surface area (Å²) < 4.78 is 25.9. The number of piperidine rings is 1. The zero-order valence-corrected chi connectivity index (χ0v) is 10.3. The van der Waals surface area contributed by atoms with E-state index in [2.05, 4.69) is 22.0 Å². The molecule has 90 valence electrons. The van der Waals surface area contributed by atoms with Gasteiger partial charge in [0.05, 0.1) is 5.75 Å². The second-order valence-corrected chi connectivity index (χ2v) is 5.99. The Labute approximate surface area is 92.3 Å². The van der Waals surface area contributed by atoms with Crippen LogP contribution in [0.15, 0.2) is 0 Å². The van der Waals surface area contributed by atoms with Crippen LogP contribution in [-0.2, 0) is 10.0 Å². The van der Waals surface area contributed by atoms with E-state index in [1.807, 2.05) is 0 Å². The van der Waals surface area contributed by atoms with Crippen LogP contribution in [0.3, 0.4) is 0 Å². The SMILES string of the molecule is CNCCS(=O)(=O)NC1CCN(C)CC1. The fourth-order valence-electron chi connectivity index (χ4n) is 1.68. The Bertz CT molecular complexity index is 271. The van der Waals surface area contributed by atoms with Gasteiger partial charge in [0.15, 0.2) is 0 Å². The van der Waals surface area contributed by atoms with Gasteiger partial charge in [0, 0.05) is 12.6 Å². The van der Waals surface area contributed by atoms with Gasteiger partial charge in [-0.1, -0.05) is 0 Å². The molecule has 0 bridgehead atoms. The Morgan fingerprint density at radius 2 is 1.93 bits per heavy atom. The molecule has 0 aliphatic carbocycles. The monoisotopic (exact) mass is 235 g/mol. The first-order chi connectivity index (χ1) is 7.03. The van der Waals surface area contributed by atoms with E-state index < -0.39 is 10.0 Å². The van der Waals surface area contributed by atoms with Gasteiger partial charge >= 0.3 is 0 Å². The van der Waals surface area contributed by atoms with Crippen LogP contribution in [0.1, 0.15) is 12.8 Å².